The number of rotatable bonds is 4. The molecular formula is C12H16N2O4S. The van der Waals surface area contributed by atoms with Crippen LogP contribution in [-0.2, 0) is 0 Å². The van der Waals surface area contributed by atoms with Gasteiger partial charge < -0.3 is 15.5 Å². The third-order valence-electron chi connectivity index (χ3n) is 3.36. The maximum absolute atomic E-state index is 11.9. The number of thiazole rings is 1. The fourth-order valence-corrected chi connectivity index (χ4v) is 2.91. The maximum atomic E-state index is 11.9. The predicted octanol–water partition coefficient (Wildman–Crippen LogP) is 1.12. The Morgan fingerprint density at radius 1 is 1.37 bits per heavy atom. The smallest absolute Gasteiger partial charge is 0.355 e. The summed E-state index contributed by atoms with van der Waals surface area (Å²) < 4.78 is 0. The molecule has 1 amide bonds. The van der Waals surface area contributed by atoms with Crippen molar-refractivity contribution in [3.8, 4) is 0 Å². The first-order chi connectivity index (χ1) is 9.10. The van der Waals surface area contributed by atoms with Gasteiger partial charge in [-0.05, 0) is 31.6 Å². The molecule has 1 aliphatic rings. The third-order valence-corrected chi connectivity index (χ3v) is 4.20. The molecular weight excluding hydrogens is 268 g/mol. The second-order valence-electron chi connectivity index (χ2n) is 4.72. The Balaban J connectivity index is 1.88. The molecule has 0 bridgehead atoms. The zero-order valence-electron chi connectivity index (χ0n) is 10.3. The number of hydrogen-bond donors (Lipinski definition) is 3. The Hall–Kier alpha value is -1.47. The number of carbonyl (C=O) groups excluding carboxylic acids is 1. The summed E-state index contributed by atoms with van der Waals surface area (Å²) in [6.07, 6.45) is 3.49. The van der Waals surface area contributed by atoms with Crippen LogP contribution in [-0.4, -0.2) is 39.7 Å². The number of aliphatic hydroxyl groups excluding tert-OH is 1. The van der Waals surface area contributed by atoms with Gasteiger partial charge in [0.15, 0.2) is 10.7 Å². The van der Waals surface area contributed by atoms with Gasteiger partial charge in [-0.1, -0.05) is 0 Å². The van der Waals surface area contributed by atoms with Crippen molar-refractivity contribution in [2.45, 2.75) is 31.7 Å². The van der Waals surface area contributed by atoms with Gasteiger partial charge in [-0.2, -0.15) is 0 Å². The van der Waals surface area contributed by atoms with E-state index in [1.54, 1.807) is 0 Å². The highest BCUT2D eigenvalue weighted by Gasteiger charge is 2.23. The van der Waals surface area contributed by atoms with Gasteiger partial charge in [0.2, 0.25) is 0 Å². The monoisotopic (exact) mass is 284 g/mol. The van der Waals surface area contributed by atoms with E-state index in [1.807, 2.05) is 0 Å². The summed E-state index contributed by atoms with van der Waals surface area (Å²) in [5.41, 5.74) is -0.0980. The molecule has 1 heterocycles. The van der Waals surface area contributed by atoms with E-state index < -0.39 is 5.97 Å². The Morgan fingerprint density at radius 3 is 2.58 bits per heavy atom. The molecule has 1 aromatic rings. The molecule has 104 valence electrons. The highest BCUT2D eigenvalue weighted by atomic mass is 32.1. The van der Waals surface area contributed by atoms with E-state index in [0.717, 1.165) is 37.0 Å². The largest absolute Gasteiger partial charge is 0.476 e. The number of amides is 1. The first-order valence-corrected chi connectivity index (χ1v) is 7.08. The van der Waals surface area contributed by atoms with Gasteiger partial charge in [-0.25, -0.2) is 9.78 Å². The third kappa shape index (κ3) is 3.51. The van der Waals surface area contributed by atoms with Crippen LogP contribution in [0.3, 0.4) is 0 Å². The first kappa shape index (κ1) is 14.0. The fraction of sp³-hybridized carbons (Fsp3) is 0.583. The lowest BCUT2D eigenvalue weighted by Gasteiger charge is -2.27. The average Bonchev–Trinajstić information content (AvgIpc) is 2.89. The zero-order valence-corrected chi connectivity index (χ0v) is 11.2. The van der Waals surface area contributed by atoms with Gasteiger partial charge in [0.1, 0.15) is 0 Å². The molecule has 3 N–H and O–H groups in total. The number of carboxylic acid groups (broad SMARTS) is 1. The lowest BCUT2D eigenvalue weighted by atomic mass is 9.86. The highest BCUT2D eigenvalue weighted by Crippen LogP contribution is 2.24. The predicted molar refractivity (Wildman–Crippen MR) is 69.4 cm³/mol. The van der Waals surface area contributed by atoms with Gasteiger partial charge in [-0.3, -0.25) is 4.79 Å². The summed E-state index contributed by atoms with van der Waals surface area (Å²) in [5, 5.41) is 22.2. The standard InChI is InChI=1S/C12H16N2O4S/c15-5-7-1-3-8(4-2-7)13-10(16)11-14-9(6-19-11)12(17)18/h6-8,15H,1-5H2,(H,13,16)(H,17,18). The number of hydrogen-bond acceptors (Lipinski definition) is 5. The van der Waals surface area contributed by atoms with Crippen LogP contribution in [0.2, 0.25) is 0 Å². The zero-order chi connectivity index (χ0) is 13.8. The summed E-state index contributed by atoms with van der Waals surface area (Å²) in [5.74, 6) is -1.10. The SMILES string of the molecule is O=C(O)c1csc(C(=O)NC2CCC(CO)CC2)n1. The number of aliphatic hydroxyl groups is 1. The van der Waals surface area contributed by atoms with Crippen LogP contribution in [0.15, 0.2) is 5.38 Å². The van der Waals surface area contributed by atoms with Gasteiger partial charge in [0.05, 0.1) is 0 Å². The second-order valence-corrected chi connectivity index (χ2v) is 5.57. The molecule has 1 fully saturated rings. The summed E-state index contributed by atoms with van der Waals surface area (Å²) in [6, 6.07) is 0.0903. The summed E-state index contributed by atoms with van der Waals surface area (Å²) in [7, 11) is 0. The van der Waals surface area contributed by atoms with E-state index in [9.17, 15) is 9.59 Å². The molecule has 0 radical (unpaired) electrons. The summed E-state index contributed by atoms with van der Waals surface area (Å²) in [4.78, 5) is 26.4. The number of aromatic nitrogens is 1. The van der Waals surface area contributed by atoms with Crippen molar-refractivity contribution in [2.24, 2.45) is 5.92 Å². The molecule has 6 nitrogen and oxygen atoms in total. The molecule has 0 atom stereocenters. The number of nitrogens with one attached hydrogen (secondary N) is 1. The molecule has 0 saturated heterocycles. The van der Waals surface area contributed by atoms with Crippen molar-refractivity contribution in [2.75, 3.05) is 6.61 Å². The molecule has 0 aromatic carbocycles. The molecule has 0 aliphatic heterocycles. The molecule has 2 rings (SSSR count). The van der Waals surface area contributed by atoms with Crippen molar-refractivity contribution in [3.05, 3.63) is 16.1 Å². The molecule has 0 unspecified atom stereocenters. The van der Waals surface area contributed by atoms with Crippen LogP contribution in [0.25, 0.3) is 0 Å². The Bertz CT molecular complexity index is 466. The van der Waals surface area contributed by atoms with Crippen LogP contribution in [0.1, 0.15) is 46.0 Å². The Kier molecular flexibility index (Phi) is 4.49. The number of aromatic carboxylic acids is 1. The Labute approximate surface area is 114 Å². The summed E-state index contributed by atoms with van der Waals surface area (Å²) in [6.45, 7) is 0.203. The van der Waals surface area contributed by atoms with Crippen molar-refractivity contribution in [1.82, 2.24) is 10.3 Å². The highest BCUT2D eigenvalue weighted by molar-refractivity contribution is 7.11. The van der Waals surface area contributed by atoms with Crippen molar-refractivity contribution >= 4 is 23.2 Å². The van der Waals surface area contributed by atoms with Crippen molar-refractivity contribution < 1.29 is 19.8 Å². The molecule has 1 saturated carbocycles. The van der Waals surface area contributed by atoms with E-state index >= 15 is 0 Å². The molecule has 19 heavy (non-hydrogen) atoms. The van der Waals surface area contributed by atoms with E-state index in [0.29, 0.717) is 5.92 Å². The van der Waals surface area contributed by atoms with Gasteiger partial charge >= 0.3 is 5.97 Å². The molecule has 1 aromatic heterocycles. The number of carbonyl (C=O) groups is 2. The lowest BCUT2D eigenvalue weighted by molar-refractivity contribution is 0.0691. The lowest BCUT2D eigenvalue weighted by Crippen LogP contribution is -2.38. The number of carboxylic acids is 1. The second kappa shape index (κ2) is 6.12. The first-order valence-electron chi connectivity index (χ1n) is 6.20. The quantitative estimate of drug-likeness (QED) is 0.769. The van der Waals surface area contributed by atoms with Gasteiger partial charge in [0.25, 0.3) is 5.91 Å². The van der Waals surface area contributed by atoms with Crippen LogP contribution in [0.5, 0.6) is 0 Å². The average molecular weight is 284 g/mol. The van der Waals surface area contributed by atoms with Crippen LogP contribution in [0, 0.1) is 5.92 Å². The fourth-order valence-electron chi connectivity index (χ4n) is 2.21. The van der Waals surface area contributed by atoms with Gasteiger partial charge in [-0.15, -0.1) is 11.3 Å². The number of nitrogens with zero attached hydrogens (tertiary/aromatic N) is 1. The van der Waals surface area contributed by atoms with E-state index in [2.05, 4.69) is 10.3 Å². The van der Waals surface area contributed by atoms with Crippen LogP contribution < -0.4 is 5.32 Å². The topological polar surface area (TPSA) is 99.5 Å². The molecule has 1 aliphatic carbocycles. The minimum absolute atomic E-state index is 0.0903. The molecule has 0 spiro atoms. The van der Waals surface area contributed by atoms with Crippen molar-refractivity contribution in [3.63, 3.8) is 0 Å². The van der Waals surface area contributed by atoms with E-state index in [4.69, 9.17) is 10.2 Å². The van der Waals surface area contributed by atoms with Crippen molar-refractivity contribution in [1.29, 1.82) is 0 Å². The normalized spacial score (nSPS) is 23.0. The Morgan fingerprint density at radius 2 is 2.05 bits per heavy atom. The maximum Gasteiger partial charge on any atom is 0.355 e. The minimum atomic E-state index is -1.13. The van der Waals surface area contributed by atoms with Crippen LogP contribution in [0.4, 0.5) is 0 Å². The summed E-state index contributed by atoms with van der Waals surface area (Å²) >= 11 is 1.04. The minimum Gasteiger partial charge on any atom is -0.476 e. The van der Waals surface area contributed by atoms with E-state index in [-0.39, 0.29) is 29.3 Å². The van der Waals surface area contributed by atoms with Gasteiger partial charge in [0, 0.05) is 18.0 Å². The van der Waals surface area contributed by atoms with E-state index in [1.165, 1.54) is 5.38 Å². The molecule has 7 heteroatoms. The van der Waals surface area contributed by atoms with Crippen LogP contribution >= 0.6 is 11.3 Å².